The van der Waals surface area contributed by atoms with E-state index in [9.17, 15) is 4.79 Å². The summed E-state index contributed by atoms with van der Waals surface area (Å²) < 4.78 is 0. The van der Waals surface area contributed by atoms with Gasteiger partial charge in [0.25, 0.3) is 0 Å². The molecule has 2 aliphatic carbocycles. The van der Waals surface area contributed by atoms with Crippen molar-refractivity contribution in [3.8, 4) is 0 Å². The molecule has 2 rings (SSSR count). The summed E-state index contributed by atoms with van der Waals surface area (Å²) >= 11 is 0. The molecule has 2 fully saturated rings. The summed E-state index contributed by atoms with van der Waals surface area (Å²) in [5.41, 5.74) is 0. The van der Waals surface area contributed by atoms with Gasteiger partial charge in [0.15, 0.2) is 0 Å². The van der Waals surface area contributed by atoms with Crippen LogP contribution >= 0.6 is 0 Å². The number of carbonyl (C=O) groups excluding carboxylic acids is 1. The third kappa shape index (κ3) is 3.98. The van der Waals surface area contributed by atoms with E-state index in [1.54, 1.807) is 0 Å². The highest BCUT2D eigenvalue weighted by molar-refractivity contribution is 5.80. The number of nitrogens with one attached hydrogen (secondary N) is 2. The second-order valence-electron chi connectivity index (χ2n) is 6.02. The molecule has 1 amide bonds. The van der Waals surface area contributed by atoms with Crippen LogP contribution in [0.25, 0.3) is 0 Å². The Morgan fingerprint density at radius 1 is 1.12 bits per heavy atom. The smallest absolute Gasteiger partial charge is 0.223 e. The van der Waals surface area contributed by atoms with Crippen LogP contribution in [0.3, 0.4) is 0 Å². The zero-order chi connectivity index (χ0) is 12.3. The van der Waals surface area contributed by atoms with Crippen LogP contribution in [-0.4, -0.2) is 25.0 Å². The van der Waals surface area contributed by atoms with Gasteiger partial charge in [-0.2, -0.15) is 0 Å². The van der Waals surface area contributed by atoms with Gasteiger partial charge in [0, 0.05) is 25.0 Å². The van der Waals surface area contributed by atoms with Gasteiger partial charge in [-0.15, -0.1) is 0 Å². The lowest BCUT2D eigenvalue weighted by atomic mass is 9.80. The van der Waals surface area contributed by atoms with E-state index in [0.717, 1.165) is 37.8 Å². The first-order valence-electron chi connectivity index (χ1n) is 7.18. The van der Waals surface area contributed by atoms with E-state index in [0.29, 0.717) is 12.0 Å². The zero-order valence-corrected chi connectivity index (χ0v) is 11.2. The summed E-state index contributed by atoms with van der Waals surface area (Å²) in [5.74, 6) is 2.23. The van der Waals surface area contributed by atoms with Crippen LogP contribution < -0.4 is 10.6 Å². The van der Waals surface area contributed by atoms with E-state index >= 15 is 0 Å². The molecule has 2 N–H and O–H groups in total. The van der Waals surface area contributed by atoms with Gasteiger partial charge in [0.2, 0.25) is 5.91 Å². The molecule has 0 heterocycles. The third-order valence-electron chi connectivity index (χ3n) is 4.24. The minimum atomic E-state index is 0.261. The summed E-state index contributed by atoms with van der Waals surface area (Å²) in [7, 11) is 0. The first-order valence-corrected chi connectivity index (χ1v) is 7.18. The predicted molar refractivity (Wildman–Crippen MR) is 69.7 cm³/mol. The minimum Gasteiger partial charge on any atom is -0.355 e. The van der Waals surface area contributed by atoms with Crippen LogP contribution in [0.15, 0.2) is 0 Å². The molecule has 0 spiro atoms. The highest BCUT2D eigenvalue weighted by Crippen LogP contribution is 2.29. The van der Waals surface area contributed by atoms with Crippen molar-refractivity contribution in [2.75, 3.05) is 13.1 Å². The molecule has 2 saturated carbocycles. The Morgan fingerprint density at radius 2 is 1.88 bits per heavy atom. The van der Waals surface area contributed by atoms with Gasteiger partial charge in [-0.25, -0.2) is 0 Å². The molecule has 0 aliphatic heterocycles. The van der Waals surface area contributed by atoms with Gasteiger partial charge >= 0.3 is 0 Å². The lowest BCUT2D eigenvalue weighted by Gasteiger charge is -2.33. The van der Waals surface area contributed by atoms with Gasteiger partial charge < -0.3 is 10.6 Å². The molecule has 17 heavy (non-hydrogen) atoms. The van der Waals surface area contributed by atoms with Crippen molar-refractivity contribution >= 4 is 5.91 Å². The topological polar surface area (TPSA) is 41.1 Å². The maximum atomic E-state index is 11.4. The second kappa shape index (κ2) is 5.85. The van der Waals surface area contributed by atoms with E-state index in [1.165, 1.54) is 19.3 Å². The van der Waals surface area contributed by atoms with Crippen LogP contribution in [0, 0.1) is 17.8 Å². The molecular weight excluding hydrogens is 212 g/mol. The molecule has 3 atom stereocenters. The fraction of sp³-hybridized carbons (Fsp3) is 0.929. The Hall–Kier alpha value is -0.570. The Bertz CT molecular complexity index is 263. The fourth-order valence-corrected chi connectivity index (χ4v) is 2.75. The molecule has 3 nitrogen and oxygen atoms in total. The maximum Gasteiger partial charge on any atom is 0.223 e. The van der Waals surface area contributed by atoms with Crippen molar-refractivity contribution in [2.45, 2.75) is 52.0 Å². The average molecular weight is 238 g/mol. The molecule has 0 radical (unpaired) electrons. The second-order valence-corrected chi connectivity index (χ2v) is 6.02. The number of rotatable bonds is 5. The molecule has 0 aromatic heterocycles. The van der Waals surface area contributed by atoms with Crippen LogP contribution in [0.4, 0.5) is 0 Å². The quantitative estimate of drug-likeness (QED) is 0.719. The van der Waals surface area contributed by atoms with E-state index in [-0.39, 0.29) is 5.91 Å². The summed E-state index contributed by atoms with van der Waals surface area (Å²) in [6, 6.07) is 0.650. The third-order valence-corrected chi connectivity index (χ3v) is 4.24. The van der Waals surface area contributed by atoms with Gasteiger partial charge in [0.1, 0.15) is 0 Å². The monoisotopic (exact) mass is 238 g/mol. The SMILES string of the molecule is CC1CCC(C)C(NCCNC(=O)C2CC2)C1. The molecule has 0 bridgehead atoms. The molecule has 0 aromatic carbocycles. The van der Waals surface area contributed by atoms with Gasteiger partial charge in [0.05, 0.1) is 0 Å². The predicted octanol–water partition coefficient (Wildman–Crippen LogP) is 1.93. The Kier molecular flexibility index (Phi) is 4.43. The molecule has 2 aliphatic rings. The highest BCUT2D eigenvalue weighted by atomic mass is 16.2. The van der Waals surface area contributed by atoms with Crippen molar-refractivity contribution in [3.05, 3.63) is 0 Å². The lowest BCUT2D eigenvalue weighted by Crippen LogP contribution is -2.43. The summed E-state index contributed by atoms with van der Waals surface area (Å²) in [6.45, 7) is 6.38. The molecule has 0 aromatic rings. The van der Waals surface area contributed by atoms with Crippen molar-refractivity contribution < 1.29 is 4.79 Å². The van der Waals surface area contributed by atoms with Crippen LogP contribution in [0.5, 0.6) is 0 Å². The van der Waals surface area contributed by atoms with Crippen LogP contribution in [0.1, 0.15) is 46.0 Å². The molecule has 3 unspecified atom stereocenters. The highest BCUT2D eigenvalue weighted by Gasteiger charge is 2.29. The summed E-state index contributed by atoms with van der Waals surface area (Å²) in [6.07, 6.45) is 6.19. The van der Waals surface area contributed by atoms with E-state index < -0.39 is 0 Å². The number of hydrogen-bond acceptors (Lipinski definition) is 2. The first-order chi connectivity index (χ1) is 8.16. The van der Waals surface area contributed by atoms with Crippen LogP contribution in [0.2, 0.25) is 0 Å². The van der Waals surface area contributed by atoms with Gasteiger partial charge in [-0.3, -0.25) is 4.79 Å². The van der Waals surface area contributed by atoms with Crippen molar-refractivity contribution in [3.63, 3.8) is 0 Å². The lowest BCUT2D eigenvalue weighted by molar-refractivity contribution is -0.122. The standard InChI is InChI=1S/C14H26N2O/c1-10-3-4-11(2)13(9-10)15-7-8-16-14(17)12-5-6-12/h10-13,15H,3-9H2,1-2H3,(H,16,17). The zero-order valence-electron chi connectivity index (χ0n) is 11.2. The Morgan fingerprint density at radius 3 is 2.59 bits per heavy atom. The normalized spacial score (nSPS) is 33.4. The number of carbonyl (C=O) groups is 1. The Labute approximate surface area is 105 Å². The van der Waals surface area contributed by atoms with Crippen molar-refractivity contribution in [2.24, 2.45) is 17.8 Å². The van der Waals surface area contributed by atoms with Crippen molar-refractivity contribution in [1.82, 2.24) is 10.6 Å². The van der Waals surface area contributed by atoms with Crippen LogP contribution in [-0.2, 0) is 4.79 Å². The molecule has 98 valence electrons. The van der Waals surface area contributed by atoms with E-state index in [2.05, 4.69) is 24.5 Å². The van der Waals surface area contributed by atoms with Gasteiger partial charge in [-0.1, -0.05) is 20.3 Å². The first kappa shape index (κ1) is 12.9. The Balaban J connectivity index is 1.58. The maximum absolute atomic E-state index is 11.4. The molecule has 3 heteroatoms. The van der Waals surface area contributed by atoms with E-state index in [4.69, 9.17) is 0 Å². The number of amides is 1. The molecule has 0 saturated heterocycles. The minimum absolute atomic E-state index is 0.261. The average Bonchev–Trinajstić information content (AvgIpc) is 3.12. The summed E-state index contributed by atoms with van der Waals surface area (Å²) in [5, 5.41) is 6.61. The number of hydrogen-bond donors (Lipinski definition) is 2. The fourth-order valence-electron chi connectivity index (χ4n) is 2.75. The largest absolute Gasteiger partial charge is 0.355 e. The molecular formula is C14H26N2O. The summed E-state index contributed by atoms with van der Waals surface area (Å²) in [4.78, 5) is 11.4. The van der Waals surface area contributed by atoms with Gasteiger partial charge in [-0.05, 0) is 37.5 Å². The van der Waals surface area contributed by atoms with Crippen molar-refractivity contribution in [1.29, 1.82) is 0 Å². The van der Waals surface area contributed by atoms with E-state index in [1.807, 2.05) is 0 Å².